The summed E-state index contributed by atoms with van der Waals surface area (Å²) < 4.78 is 20.9. The molecule has 0 amide bonds. The lowest BCUT2D eigenvalue weighted by molar-refractivity contribution is -0.108. The van der Waals surface area contributed by atoms with Crippen LogP contribution in [0.2, 0.25) is 0 Å². The van der Waals surface area contributed by atoms with Gasteiger partial charge >= 0.3 is 0 Å². The zero-order valence-corrected chi connectivity index (χ0v) is 5.73. The fourth-order valence-electron chi connectivity index (χ4n) is 0.942. The normalized spacial score (nSPS) is 24.9. The smallest absolute Gasteiger partial charge is 0.150 e. The Morgan fingerprint density at radius 2 is 2.00 bits per heavy atom. The zero-order valence-electron chi connectivity index (χ0n) is 4.91. The van der Waals surface area contributed by atoms with Crippen LogP contribution in [0, 0.1) is 5.92 Å². The van der Waals surface area contributed by atoms with Crippen molar-refractivity contribution in [3.05, 3.63) is 0 Å². The number of sulfone groups is 1. The summed E-state index contributed by atoms with van der Waals surface area (Å²) in [4.78, 5) is 9.82. The Balaban J connectivity index is 2.35. The zero-order chi connectivity index (χ0) is 6.91. The first kappa shape index (κ1) is 6.74. The third kappa shape index (κ3) is 1.51. The van der Waals surface area contributed by atoms with Crippen LogP contribution in [-0.4, -0.2) is 26.2 Å². The molecule has 1 saturated heterocycles. The van der Waals surface area contributed by atoms with E-state index in [0.717, 1.165) is 6.29 Å². The van der Waals surface area contributed by atoms with E-state index in [1.807, 2.05) is 0 Å². The topological polar surface area (TPSA) is 51.2 Å². The first-order valence-corrected chi connectivity index (χ1v) is 4.60. The Kier molecular flexibility index (Phi) is 1.57. The lowest BCUT2D eigenvalue weighted by Crippen LogP contribution is -2.36. The molecule has 0 aromatic rings. The predicted octanol–water partition coefficient (Wildman–Crippen LogP) is -0.380. The number of carbonyl (C=O) groups is 1. The van der Waals surface area contributed by atoms with Crippen molar-refractivity contribution in [3.8, 4) is 0 Å². The maximum absolute atomic E-state index is 10.5. The van der Waals surface area contributed by atoms with Gasteiger partial charge in [0.15, 0.2) is 9.84 Å². The van der Waals surface area contributed by atoms with Crippen molar-refractivity contribution in [1.82, 2.24) is 0 Å². The van der Waals surface area contributed by atoms with Crippen molar-refractivity contribution < 1.29 is 13.2 Å². The quantitative estimate of drug-likeness (QED) is 0.501. The molecule has 52 valence electrons. The lowest BCUT2D eigenvalue weighted by Gasteiger charge is -2.22. The molecule has 1 aliphatic rings. The molecular formula is C5H8O3S. The van der Waals surface area contributed by atoms with Gasteiger partial charge in [0.05, 0.1) is 11.5 Å². The van der Waals surface area contributed by atoms with E-state index in [1.54, 1.807) is 0 Å². The van der Waals surface area contributed by atoms with Crippen molar-refractivity contribution in [2.24, 2.45) is 5.92 Å². The molecule has 0 spiro atoms. The Hall–Kier alpha value is -0.380. The molecule has 0 saturated carbocycles. The van der Waals surface area contributed by atoms with Crippen LogP contribution >= 0.6 is 0 Å². The van der Waals surface area contributed by atoms with E-state index in [9.17, 15) is 13.2 Å². The highest BCUT2D eigenvalue weighted by Crippen LogP contribution is 2.19. The van der Waals surface area contributed by atoms with Crippen LogP contribution in [0.25, 0.3) is 0 Å². The minimum absolute atomic E-state index is 0.118. The SMILES string of the molecule is O=CCC1CS(=O)(=O)C1. The van der Waals surface area contributed by atoms with Gasteiger partial charge in [0.25, 0.3) is 0 Å². The third-order valence-corrected chi connectivity index (χ3v) is 3.37. The molecule has 1 heterocycles. The lowest BCUT2D eigenvalue weighted by atomic mass is 10.1. The van der Waals surface area contributed by atoms with Crippen molar-refractivity contribution in [2.75, 3.05) is 11.5 Å². The van der Waals surface area contributed by atoms with Gasteiger partial charge < -0.3 is 4.79 Å². The van der Waals surface area contributed by atoms with Gasteiger partial charge in [-0.2, -0.15) is 0 Å². The van der Waals surface area contributed by atoms with E-state index in [0.29, 0.717) is 6.42 Å². The van der Waals surface area contributed by atoms with Crippen LogP contribution in [0.4, 0.5) is 0 Å². The van der Waals surface area contributed by atoms with E-state index in [4.69, 9.17) is 0 Å². The first-order chi connectivity index (χ1) is 4.14. The summed E-state index contributed by atoms with van der Waals surface area (Å²) in [6.07, 6.45) is 1.18. The van der Waals surface area contributed by atoms with Gasteiger partial charge in [-0.05, 0) is 5.92 Å². The van der Waals surface area contributed by atoms with Crippen LogP contribution < -0.4 is 0 Å². The monoisotopic (exact) mass is 148 g/mol. The summed E-state index contributed by atoms with van der Waals surface area (Å²) in [6.45, 7) is 0. The Morgan fingerprint density at radius 1 is 1.44 bits per heavy atom. The molecule has 0 bridgehead atoms. The number of rotatable bonds is 2. The maximum atomic E-state index is 10.5. The largest absolute Gasteiger partial charge is 0.303 e. The molecule has 1 rings (SSSR count). The highest BCUT2D eigenvalue weighted by molar-refractivity contribution is 7.92. The summed E-state index contributed by atoms with van der Waals surface area (Å²) in [5, 5.41) is 0. The molecule has 0 N–H and O–H groups in total. The van der Waals surface area contributed by atoms with Crippen molar-refractivity contribution >= 4 is 16.1 Å². The van der Waals surface area contributed by atoms with Gasteiger partial charge in [0, 0.05) is 6.42 Å². The Morgan fingerprint density at radius 3 is 2.33 bits per heavy atom. The second kappa shape index (κ2) is 2.10. The van der Waals surface area contributed by atoms with Gasteiger partial charge in [-0.15, -0.1) is 0 Å². The minimum atomic E-state index is -2.71. The molecule has 3 nitrogen and oxygen atoms in total. The third-order valence-electron chi connectivity index (χ3n) is 1.41. The summed E-state index contributed by atoms with van der Waals surface area (Å²) >= 11 is 0. The minimum Gasteiger partial charge on any atom is -0.303 e. The van der Waals surface area contributed by atoms with Gasteiger partial charge in [0.1, 0.15) is 6.29 Å². The van der Waals surface area contributed by atoms with Crippen LogP contribution in [0.3, 0.4) is 0 Å². The van der Waals surface area contributed by atoms with Crippen molar-refractivity contribution in [1.29, 1.82) is 0 Å². The van der Waals surface area contributed by atoms with Gasteiger partial charge in [-0.1, -0.05) is 0 Å². The van der Waals surface area contributed by atoms with Crippen LogP contribution in [0.5, 0.6) is 0 Å². The molecule has 9 heavy (non-hydrogen) atoms. The van der Waals surface area contributed by atoms with E-state index < -0.39 is 9.84 Å². The summed E-state index contributed by atoms with van der Waals surface area (Å²) in [6, 6.07) is 0. The average molecular weight is 148 g/mol. The van der Waals surface area contributed by atoms with Crippen LogP contribution in [0.15, 0.2) is 0 Å². The molecule has 0 atom stereocenters. The number of hydrogen-bond acceptors (Lipinski definition) is 3. The predicted molar refractivity (Wildman–Crippen MR) is 32.8 cm³/mol. The summed E-state index contributed by atoms with van der Waals surface area (Å²) in [7, 11) is -2.71. The fourth-order valence-corrected chi connectivity index (χ4v) is 2.55. The van der Waals surface area contributed by atoms with Crippen molar-refractivity contribution in [2.45, 2.75) is 6.42 Å². The Labute approximate surface area is 54.0 Å². The van der Waals surface area contributed by atoms with E-state index >= 15 is 0 Å². The van der Waals surface area contributed by atoms with Gasteiger partial charge in [0.2, 0.25) is 0 Å². The molecule has 1 fully saturated rings. The van der Waals surface area contributed by atoms with Crippen LogP contribution in [0.1, 0.15) is 6.42 Å². The Bertz CT molecular complexity index is 192. The molecule has 4 heteroatoms. The van der Waals surface area contributed by atoms with E-state index in [1.165, 1.54) is 0 Å². The second-order valence-corrected chi connectivity index (χ2v) is 4.50. The molecule has 0 aromatic carbocycles. The van der Waals surface area contributed by atoms with Gasteiger partial charge in [-0.25, -0.2) is 8.42 Å². The molecule has 0 aliphatic carbocycles. The molecule has 1 aliphatic heterocycles. The van der Waals surface area contributed by atoms with Gasteiger partial charge in [-0.3, -0.25) is 0 Å². The molecule has 0 radical (unpaired) electrons. The van der Waals surface area contributed by atoms with E-state index in [-0.39, 0.29) is 17.4 Å². The number of hydrogen-bond donors (Lipinski definition) is 0. The number of aldehydes is 1. The van der Waals surface area contributed by atoms with Crippen molar-refractivity contribution in [3.63, 3.8) is 0 Å². The highest BCUT2D eigenvalue weighted by Gasteiger charge is 2.32. The van der Waals surface area contributed by atoms with Crippen LogP contribution in [-0.2, 0) is 14.6 Å². The standard InChI is InChI=1S/C5H8O3S/c6-2-1-5-3-9(7,8)4-5/h2,5H,1,3-4H2. The first-order valence-electron chi connectivity index (χ1n) is 2.78. The number of carbonyl (C=O) groups excluding carboxylic acids is 1. The summed E-state index contributed by atoms with van der Waals surface area (Å²) in [5.41, 5.74) is 0. The maximum Gasteiger partial charge on any atom is 0.150 e. The molecular weight excluding hydrogens is 140 g/mol. The fraction of sp³-hybridized carbons (Fsp3) is 0.800. The summed E-state index contributed by atoms with van der Waals surface area (Å²) in [5.74, 6) is 0.546. The highest BCUT2D eigenvalue weighted by atomic mass is 32.2. The second-order valence-electron chi connectivity index (χ2n) is 2.35. The van der Waals surface area contributed by atoms with E-state index in [2.05, 4.69) is 0 Å². The molecule has 0 aromatic heterocycles. The average Bonchev–Trinajstić information content (AvgIpc) is 1.62. The molecule has 0 unspecified atom stereocenters.